The number of aromatic nitrogens is 3. The number of nitrogens with zero attached hydrogens (tertiary/aromatic N) is 3. The second-order valence-corrected chi connectivity index (χ2v) is 7.20. The van der Waals surface area contributed by atoms with E-state index in [1.165, 1.54) is 0 Å². The zero-order valence-electron chi connectivity index (χ0n) is 14.7. The zero-order chi connectivity index (χ0) is 19.0. The summed E-state index contributed by atoms with van der Waals surface area (Å²) in [6, 6.07) is 13.5. The van der Waals surface area contributed by atoms with Gasteiger partial charge in [0.2, 0.25) is 11.9 Å². The monoisotopic (exact) mass is 403 g/mol. The third-order valence-electron chi connectivity index (χ3n) is 4.62. The van der Waals surface area contributed by atoms with E-state index in [9.17, 15) is 0 Å². The van der Waals surface area contributed by atoms with Crippen molar-refractivity contribution < 1.29 is 4.74 Å². The highest BCUT2D eigenvalue weighted by molar-refractivity contribution is 6.35. The highest BCUT2D eigenvalue weighted by Gasteiger charge is 2.31. The summed E-state index contributed by atoms with van der Waals surface area (Å²) in [4.78, 5) is 4.32. The highest BCUT2D eigenvalue weighted by Crippen LogP contribution is 2.40. The summed E-state index contributed by atoms with van der Waals surface area (Å²) < 4.78 is 7.37. The summed E-state index contributed by atoms with van der Waals surface area (Å²) >= 11 is 12.5. The molecule has 0 fully saturated rings. The average molecular weight is 404 g/mol. The minimum Gasteiger partial charge on any atom is -0.494 e. The molecule has 4 rings (SSSR count). The summed E-state index contributed by atoms with van der Waals surface area (Å²) in [5.41, 5.74) is 7.91. The van der Waals surface area contributed by atoms with E-state index in [0.29, 0.717) is 22.6 Å². The smallest absolute Gasteiger partial charge is 0.241 e. The lowest BCUT2D eigenvalue weighted by Gasteiger charge is -2.32. The van der Waals surface area contributed by atoms with E-state index in [4.69, 9.17) is 33.7 Å². The fraction of sp³-hybridized carbons (Fsp3) is 0.263. The van der Waals surface area contributed by atoms with Crippen molar-refractivity contribution in [3.8, 4) is 5.75 Å². The van der Waals surface area contributed by atoms with Gasteiger partial charge in [0, 0.05) is 10.0 Å². The molecule has 140 valence electrons. The van der Waals surface area contributed by atoms with Crippen molar-refractivity contribution in [2.24, 2.45) is 0 Å². The molecule has 0 amide bonds. The molecule has 0 unspecified atom stereocenters. The highest BCUT2D eigenvalue weighted by atomic mass is 35.5. The Balaban J connectivity index is 1.71. The Hall–Kier alpha value is -2.44. The SMILES string of the molecule is CCOc1ccc([C@@H]2C[C@@H](c3ccc(Cl)cc3Cl)Nc3nc(N)nn32)cc1. The molecule has 0 aliphatic carbocycles. The fourth-order valence-electron chi connectivity index (χ4n) is 3.41. The Morgan fingerprint density at radius 1 is 1.22 bits per heavy atom. The van der Waals surface area contributed by atoms with E-state index >= 15 is 0 Å². The molecule has 0 bridgehead atoms. The summed E-state index contributed by atoms with van der Waals surface area (Å²) in [5.74, 6) is 1.69. The molecule has 27 heavy (non-hydrogen) atoms. The minimum absolute atomic E-state index is 0.0292. The third kappa shape index (κ3) is 3.55. The number of nitrogens with one attached hydrogen (secondary N) is 1. The first-order valence-electron chi connectivity index (χ1n) is 8.71. The van der Waals surface area contributed by atoms with Gasteiger partial charge in [-0.15, -0.1) is 5.10 Å². The lowest BCUT2D eigenvalue weighted by atomic mass is 9.93. The number of nitrogen functional groups attached to an aromatic ring is 1. The molecular formula is C19H19Cl2N5O. The average Bonchev–Trinajstić information content (AvgIpc) is 3.02. The summed E-state index contributed by atoms with van der Waals surface area (Å²) in [6.07, 6.45) is 0.741. The predicted molar refractivity (Wildman–Crippen MR) is 108 cm³/mol. The van der Waals surface area contributed by atoms with Crippen LogP contribution in [0.5, 0.6) is 5.75 Å². The quantitative estimate of drug-likeness (QED) is 0.659. The number of halogens is 2. The van der Waals surface area contributed by atoms with Crippen LogP contribution in [-0.4, -0.2) is 21.4 Å². The topological polar surface area (TPSA) is 78.0 Å². The minimum atomic E-state index is -0.0394. The van der Waals surface area contributed by atoms with Crippen LogP contribution in [0.25, 0.3) is 0 Å². The van der Waals surface area contributed by atoms with Crippen LogP contribution in [0.2, 0.25) is 10.0 Å². The fourth-order valence-corrected chi connectivity index (χ4v) is 3.95. The van der Waals surface area contributed by atoms with E-state index in [0.717, 1.165) is 23.3 Å². The van der Waals surface area contributed by atoms with Gasteiger partial charge in [-0.3, -0.25) is 0 Å². The van der Waals surface area contributed by atoms with Crippen LogP contribution in [0.3, 0.4) is 0 Å². The normalized spacial score (nSPS) is 18.6. The molecule has 0 spiro atoms. The van der Waals surface area contributed by atoms with Gasteiger partial charge in [-0.25, -0.2) is 4.68 Å². The molecule has 0 saturated carbocycles. The van der Waals surface area contributed by atoms with Crippen molar-refractivity contribution in [3.63, 3.8) is 0 Å². The van der Waals surface area contributed by atoms with Gasteiger partial charge in [-0.1, -0.05) is 41.4 Å². The Morgan fingerprint density at radius 3 is 2.70 bits per heavy atom. The van der Waals surface area contributed by atoms with Crippen LogP contribution in [0.1, 0.15) is 36.6 Å². The maximum atomic E-state index is 6.44. The lowest BCUT2D eigenvalue weighted by Crippen LogP contribution is -2.28. The maximum Gasteiger partial charge on any atom is 0.241 e. The number of anilines is 2. The van der Waals surface area contributed by atoms with Crippen molar-refractivity contribution in [1.29, 1.82) is 0 Å². The molecule has 1 aliphatic rings. The van der Waals surface area contributed by atoms with Crippen LogP contribution in [0.4, 0.5) is 11.9 Å². The van der Waals surface area contributed by atoms with Crippen LogP contribution in [0.15, 0.2) is 42.5 Å². The number of hydrogen-bond acceptors (Lipinski definition) is 5. The first kappa shape index (κ1) is 17.9. The Morgan fingerprint density at radius 2 is 2.00 bits per heavy atom. The number of nitrogens with two attached hydrogens (primary N) is 1. The molecule has 1 aliphatic heterocycles. The van der Waals surface area contributed by atoms with E-state index in [2.05, 4.69) is 15.4 Å². The maximum absolute atomic E-state index is 6.44. The van der Waals surface area contributed by atoms with Gasteiger partial charge in [-0.05, 0) is 48.7 Å². The van der Waals surface area contributed by atoms with Crippen LogP contribution in [-0.2, 0) is 0 Å². The van der Waals surface area contributed by atoms with Gasteiger partial charge < -0.3 is 15.8 Å². The molecule has 1 aromatic heterocycles. The van der Waals surface area contributed by atoms with Gasteiger partial charge in [-0.2, -0.15) is 4.98 Å². The van der Waals surface area contributed by atoms with Gasteiger partial charge in [0.05, 0.1) is 18.7 Å². The van der Waals surface area contributed by atoms with Crippen LogP contribution in [0, 0.1) is 0 Å². The number of fused-ring (bicyclic) bond motifs is 1. The Bertz CT molecular complexity index is 957. The predicted octanol–water partition coefficient (Wildman–Crippen LogP) is 4.71. The summed E-state index contributed by atoms with van der Waals surface area (Å²) in [5, 5.41) is 8.97. The number of hydrogen-bond donors (Lipinski definition) is 2. The molecule has 2 atom stereocenters. The van der Waals surface area contributed by atoms with Crippen molar-refractivity contribution in [1.82, 2.24) is 14.8 Å². The second-order valence-electron chi connectivity index (χ2n) is 6.35. The first-order chi connectivity index (χ1) is 13.0. The van der Waals surface area contributed by atoms with Gasteiger partial charge in [0.25, 0.3) is 0 Å². The summed E-state index contributed by atoms with van der Waals surface area (Å²) in [6.45, 7) is 2.60. The molecule has 3 aromatic rings. The van der Waals surface area contributed by atoms with Gasteiger partial charge >= 0.3 is 0 Å². The molecular weight excluding hydrogens is 385 g/mol. The number of rotatable bonds is 4. The first-order valence-corrected chi connectivity index (χ1v) is 9.47. The second kappa shape index (κ2) is 7.29. The van der Waals surface area contributed by atoms with Crippen molar-refractivity contribution in [3.05, 3.63) is 63.6 Å². The molecule has 0 saturated heterocycles. The molecule has 6 nitrogen and oxygen atoms in total. The molecule has 2 aromatic carbocycles. The standard InChI is InChI=1S/C19H19Cl2N5O/c1-2-27-13-6-3-11(4-7-13)17-10-16(14-8-5-12(20)9-15(14)21)23-19-24-18(22)25-26(17)19/h3-9,16-17H,2,10H2,1H3,(H3,22,23,24,25)/t16-,17-/m0/s1. The third-order valence-corrected chi connectivity index (χ3v) is 5.18. The van der Waals surface area contributed by atoms with E-state index in [-0.39, 0.29) is 18.0 Å². The molecule has 8 heteroatoms. The van der Waals surface area contributed by atoms with Gasteiger partial charge in [0.15, 0.2) is 0 Å². The number of benzene rings is 2. The molecule has 2 heterocycles. The van der Waals surface area contributed by atoms with E-state index in [1.54, 1.807) is 6.07 Å². The molecule has 0 radical (unpaired) electrons. The Kier molecular flexibility index (Phi) is 4.85. The van der Waals surface area contributed by atoms with Crippen LogP contribution < -0.4 is 15.8 Å². The van der Waals surface area contributed by atoms with Crippen molar-refractivity contribution in [2.45, 2.75) is 25.4 Å². The van der Waals surface area contributed by atoms with Crippen molar-refractivity contribution >= 4 is 35.1 Å². The lowest BCUT2D eigenvalue weighted by molar-refractivity contribution is 0.340. The number of ether oxygens (including phenoxy) is 1. The largest absolute Gasteiger partial charge is 0.494 e. The van der Waals surface area contributed by atoms with Gasteiger partial charge in [0.1, 0.15) is 5.75 Å². The van der Waals surface area contributed by atoms with E-state index in [1.807, 2.05) is 48.0 Å². The zero-order valence-corrected chi connectivity index (χ0v) is 16.2. The van der Waals surface area contributed by atoms with Crippen LogP contribution >= 0.6 is 23.2 Å². The molecule has 3 N–H and O–H groups in total. The Labute approximate surface area is 167 Å². The summed E-state index contributed by atoms with van der Waals surface area (Å²) in [7, 11) is 0. The van der Waals surface area contributed by atoms with E-state index < -0.39 is 0 Å². The van der Waals surface area contributed by atoms with Crippen molar-refractivity contribution in [2.75, 3.05) is 17.7 Å².